The van der Waals surface area contributed by atoms with Gasteiger partial charge in [0, 0.05) is 24.8 Å². The van der Waals surface area contributed by atoms with Crippen LogP contribution in [0.2, 0.25) is 0 Å². The van der Waals surface area contributed by atoms with E-state index in [1.165, 1.54) is 0 Å². The van der Waals surface area contributed by atoms with Crippen LogP contribution in [0.5, 0.6) is 0 Å². The van der Waals surface area contributed by atoms with E-state index < -0.39 is 0 Å². The van der Waals surface area contributed by atoms with Gasteiger partial charge in [0.15, 0.2) is 17.0 Å². The number of pyridine rings is 1. The van der Waals surface area contributed by atoms with Crippen LogP contribution in [0, 0.1) is 0 Å². The van der Waals surface area contributed by atoms with Crippen molar-refractivity contribution in [1.82, 2.24) is 24.5 Å². The van der Waals surface area contributed by atoms with E-state index in [1.807, 2.05) is 29.7 Å². The number of hydrogen-bond donors (Lipinski definition) is 3. The molecule has 3 N–H and O–H groups in total. The lowest BCUT2D eigenvalue weighted by atomic mass is 10.1. The van der Waals surface area contributed by atoms with Gasteiger partial charge in [-0.1, -0.05) is 37.3 Å². The molecule has 0 unspecified atom stereocenters. The third-order valence-corrected chi connectivity index (χ3v) is 5.23. The van der Waals surface area contributed by atoms with Crippen molar-refractivity contribution in [3.8, 4) is 11.3 Å². The molecule has 160 valence electrons. The Labute approximate surface area is 181 Å². The number of nitrogens with one attached hydrogen (secondary N) is 2. The highest BCUT2D eigenvalue weighted by Gasteiger charge is 2.15. The Hall–Kier alpha value is -3.52. The minimum atomic E-state index is -0.0950. The molecule has 0 aliphatic rings. The molecule has 8 heteroatoms. The van der Waals surface area contributed by atoms with Crippen molar-refractivity contribution < 1.29 is 5.11 Å². The van der Waals surface area contributed by atoms with E-state index in [0.717, 1.165) is 41.0 Å². The fraction of sp³-hybridized carbons (Fsp3) is 0.304. The maximum absolute atomic E-state index is 9.53. The highest BCUT2D eigenvalue weighted by molar-refractivity contribution is 5.84. The average Bonchev–Trinajstić information content (AvgIpc) is 3.25. The number of rotatable bonds is 9. The van der Waals surface area contributed by atoms with E-state index in [1.54, 1.807) is 12.5 Å². The van der Waals surface area contributed by atoms with Gasteiger partial charge in [0.1, 0.15) is 0 Å². The SMILES string of the molecule is CC[C@@H](CO)Nc1nc(NCc2ccc(-c3ccccn3)cc2)c2ncn(CC)c2n1. The second-order valence-corrected chi connectivity index (χ2v) is 7.30. The normalized spacial score (nSPS) is 12.1. The number of fused-ring (bicyclic) bond motifs is 1. The average molecular weight is 418 g/mol. The second-order valence-electron chi connectivity index (χ2n) is 7.30. The Morgan fingerprint density at radius 2 is 1.87 bits per heavy atom. The Kier molecular flexibility index (Phi) is 6.37. The van der Waals surface area contributed by atoms with Gasteiger partial charge < -0.3 is 20.3 Å². The number of aryl methyl sites for hydroxylation is 1. The van der Waals surface area contributed by atoms with E-state index in [4.69, 9.17) is 0 Å². The van der Waals surface area contributed by atoms with E-state index in [2.05, 4.69) is 61.8 Å². The van der Waals surface area contributed by atoms with Crippen LogP contribution in [0.15, 0.2) is 55.0 Å². The minimum absolute atomic E-state index is 0.0241. The van der Waals surface area contributed by atoms with Gasteiger partial charge in [-0.3, -0.25) is 4.98 Å². The van der Waals surface area contributed by atoms with Gasteiger partial charge in [0.2, 0.25) is 5.95 Å². The van der Waals surface area contributed by atoms with Crippen molar-refractivity contribution >= 4 is 22.9 Å². The Balaban J connectivity index is 1.56. The van der Waals surface area contributed by atoms with Crippen LogP contribution in [-0.2, 0) is 13.1 Å². The van der Waals surface area contributed by atoms with Crippen LogP contribution in [0.25, 0.3) is 22.4 Å². The summed E-state index contributed by atoms with van der Waals surface area (Å²) in [6, 6.07) is 14.1. The van der Waals surface area contributed by atoms with Crippen LogP contribution in [0.1, 0.15) is 25.8 Å². The third-order valence-electron chi connectivity index (χ3n) is 5.23. The lowest BCUT2D eigenvalue weighted by molar-refractivity contribution is 0.271. The van der Waals surface area contributed by atoms with Gasteiger partial charge in [-0.2, -0.15) is 9.97 Å². The van der Waals surface area contributed by atoms with Gasteiger partial charge in [-0.15, -0.1) is 0 Å². The largest absolute Gasteiger partial charge is 0.394 e. The molecular formula is C23H27N7O. The molecule has 3 aromatic heterocycles. The molecule has 0 saturated carbocycles. The van der Waals surface area contributed by atoms with Crippen molar-refractivity contribution in [3.63, 3.8) is 0 Å². The number of hydrogen-bond acceptors (Lipinski definition) is 7. The summed E-state index contributed by atoms with van der Waals surface area (Å²) in [5.41, 5.74) is 4.65. The highest BCUT2D eigenvalue weighted by atomic mass is 16.3. The van der Waals surface area contributed by atoms with Crippen molar-refractivity contribution in [2.75, 3.05) is 17.2 Å². The number of imidazole rings is 1. The maximum atomic E-state index is 9.53. The second kappa shape index (κ2) is 9.53. The quantitative estimate of drug-likeness (QED) is 0.382. The monoisotopic (exact) mass is 417 g/mol. The molecule has 0 bridgehead atoms. The van der Waals surface area contributed by atoms with E-state index in [-0.39, 0.29) is 12.6 Å². The molecule has 4 aromatic rings. The molecular weight excluding hydrogens is 390 g/mol. The molecule has 0 radical (unpaired) electrons. The summed E-state index contributed by atoms with van der Waals surface area (Å²) in [6.45, 7) is 5.45. The zero-order valence-corrected chi connectivity index (χ0v) is 17.8. The fourth-order valence-electron chi connectivity index (χ4n) is 3.34. The van der Waals surface area contributed by atoms with Crippen LogP contribution in [0.3, 0.4) is 0 Å². The van der Waals surface area contributed by atoms with Crippen molar-refractivity contribution in [3.05, 3.63) is 60.6 Å². The lowest BCUT2D eigenvalue weighted by Crippen LogP contribution is -2.24. The van der Waals surface area contributed by atoms with Gasteiger partial charge in [0.05, 0.1) is 24.7 Å². The molecule has 8 nitrogen and oxygen atoms in total. The maximum Gasteiger partial charge on any atom is 0.227 e. The summed E-state index contributed by atoms with van der Waals surface area (Å²) in [5, 5.41) is 16.2. The van der Waals surface area contributed by atoms with Crippen LogP contribution in [0.4, 0.5) is 11.8 Å². The van der Waals surface area contributed by atoms with E-state index >= 15 is 0 Å². The smallest absolute Gasteiger partial charge is 0.227 e. The summed E-state index contributed by atoms with van der Waals surface area (Å²) in [5.74, 6) is 1.15. The number of aliphatic hydroxyl groups is 1. The predicted octanol–water partition coefficient (Wildman–Crippen LogP) is 3.70. The number of benzene rings is 1. The molecule has 1 aromatic carbocycles. The van der Waals surface area contributed by atoms with Crippen molar-refractivity contribution in [1.29, 1.82) is 0 Å². The van der Waals surface area contributed by atoms with E-state index in [0.29, 0.717) is 18.3 Å². The molecule has 0 aliphatic heterocycles. The Morgan fingerprint density at radius 3 is 2.55 bits per heavy atom. The number of nitrogens with zero attached hydrogens (tertiary/aromatic N) is 5. The minimum Gasteiger partial charge on any atom is -0.394 e. The molecule has 0 spiro atoms. The first-order valence-electron chi connectivity index (χ1n) is 10.6. The van der Waals surface area contributed by atoms with Crippen LogP contribution < -0.4 is 10.6 Å². The van der Waals surface area contributed by atoms with Gasteiger partial charge in [-0.05, 0) is 31.0 Å². The predicted molar refractivity (Wildman–Crippen MR) is 123 cm³/mol. The zero-order valence-electron chi connectivity index (χ0n) is 17.8. The fourth-order valence-corrected chi connectivity index (χ4v) is 3.34. The van der Waals surface area contributed by atoms with Gasteiger partial charge in [0.25, 0.3) is 0 Å². The molecule has 4 rings (SSSR count). The molecule has 0 fully saturated rings. The summed E-state index contributed by atoms with van der Waals surface area (Å²) >= 11 is 0. The molecule has 3 heterocycles. The van der Waals surface area contributed by atoms with Crippen LogP contribution in [-0.4, -0.2) is 42.3 Å². The summed E-state index contributed by atoms with van der Waals surface area (Å²) < 4.78 is 1.98. The molecule has 0 saturated heterocycles. The van der Waals surface area contributed by atoms with E-state index in [9.17, 15) is 5.11 Å². The first-order chi connectivity index (χ1) is 15.2. The number of aromatic nitrogens is 5. The van der Waals surface area contributed by atoms with Gasteiger partial charge >= 0.3 is 0 Å². The van der Waals surface area contributed by atoms with Crippen LogP contribution >= 0.6 is 0 Å². The highest BCUT2D eigenvalue weighted by Crippen LogP contribution is 2.23. The zero-order chi connectivity index (χ0) is 21.6. The Bertz CT molecular complexity index is 1120. The first kappa shape index (κ1) is 20.7. The van der Waals surface area contributed by atoms with Crippen molar-refractivity contribution in [2.45, 2.75) is 39.4 Å². The molecule has 31 heavy (non-hydrogen) atoms. The lowest BCUT2D eigenvalue weighted by Gasteiger charge is -2.15. The topological polar surface area (TPSA) is 101 Å². The Morgan fingerprint density at radius 1 is 1.03 bits per heavy atom. The standard InChI is InChI=1S/C23H27N7O/c1-3-18(14-31)27-23-28-21(20-22(29-23)30(4-2)15-26-20)25-13-16-8-10-17(11-9-16)19-7-5-6-12-24-19/h5-12,15,18,31H,3-4,13-14H2,1-2H3,(H2,25,27,28,29)/t18-/m0/s1. The van der Waals surface area contributed by atoms with Gasteiger partial charge in [-0.25, -0.2) is 4.98 Å². The first-order valence-corrected chi connectivity index (χ1v) is 10.6. The molecule has 0 amide bonds. The van der Waals surface area contributed by atoms with Crippen molar-refractivity contribution in [2.24, 2.45) is 0 Å². The number of aliphatic hydroxyl groups excluding tert-OH is 1. The summed E-state index contributed by atoms with van der Waals surface area (Å²) in [6.07, 6.45) is 4.35. The number of anilines is 2. The molecule has 0 aliphatic carbocycles. The summed E-state index contributed by atoms with van der Waals surface area (Å²) in [4.78, 5) is 18.2. The molecule has 1 atom stereocenters. The summed E-state index contributed by atoms with van der Waals surface area (Å²) in [7, 11) is 0. The third kappa shape index (κ3) is 4.64.